The minimum Gasteiger partial charge on any atom is -0.372 e. The minimum atomic E-state index is 0.190. The number of anilines is 1. The van der Waals surface area contributed by atoms with Gasteiger partial charge in [-0.2, -0.15) is 5.10 Å². The Hall–Kier alpha value is -2.50. The summed E-state index contributed by atoms with van der Waals surface area (Å²) < 4.78 is 1.95. The molecule has 1 aliphatic heterocycles. The van der Waals surface area contributed by atoms with Crippen LogP contribution in [0.25, 0.3) is 0 Å². The van der Waals surface area contributed by atoms with E-state index in [1.54, 1.807) is 0 Å². The monoisotopic (exact) mass is 382 g/mol. The van der Waals surface area contributed by atoms with Crippen LogP contribution in [-0.4, -0.2) is 42.4 Å². The summed E-state index contributed by atoms with van der Waals surface area (Å²) in [5.41, 5.74) is 6.27. The maximum atomic E-state index is 4.50. The quantitative estimate of drug-likeness (QED) is 0.595. The first-order valence-corrected chi connectivity index (χ1v) is 10.3. The van der Waals surface area contributed by atoms with Crippen molar-refractivity contribution in [1.29, 1.82) is 0 Å². The maximum absolute atomic E-state index is 4.50. The second-order valence-corrected chi connectivity index (χ2v) is 7.68. The lowest BCUT2D eigenvalue weighted by molar-refractivity contribution is 0.683. The number of aromatic nitrogens is 2. The molecule has 3 rings (SSSR count). The van der Waals surface area contributed by atoms with Crippen LogP contribution in [0.2, 0.25) is 0 Å². The SMILES string of the molecule is CN=C(NCCc1c(C)nn(C)c1C)NC(C)c1cccc(N2CCCC2)c1. The van der Waals surface area contributed by atoms with Crippen LogP contribution in [0.4, 0.5) is 5.69 Å². The molecular weight excluding hydrogens is 348 g/mol. The van der Waals surface area contributed by atoms with Crippen molar-refractivity contribution in [1.82, 2.24) is 20.4 Å². The summed E-state index contributed by atoms with van der Waals surface area (Å²) in [5.74, 6) is 0.832. The van der Waals surface area contributed by atoms with Crippen LogP contribution in [-0.2, 0) is 13.5 Å². The van der Waals surface area contributed by atoms with Gasteiger partial charge in [0.25, 0.3) is 0 Å². The highest BCUT2D eigenvalue weighted by molar-refractivity contribution is 5.80. The van der Waals surface area contributed by atoms with Crippen molar-refractivity contribution in [2.75, 3.05) is 31.6 Å². The zero-order valence-electron chi connectivity index (χ0n) is 17.9. The van der Waals surface area contributed by atoms with Gasteiger partial charge in [0, 0.05) is 45.1 Å². The van der Waals surface area contributed by atoms with Crippen LogP contribution in [0.5, 0.6) is 0 Å². The van der Waals surface area contributed by atoms with Gasteiger partial charge in [-0.25, -0.2) is 0 Å². The van der Waals surface area contributed by atoms with E-state index in [0.29, 0.717) is 0 Å². The molecule has 1 saturated heterocycles. The van der Waals surface area contributed by atoms with Gasteiger partial charge in [-0.15, -0.1) is 0 Å². The number of benzene rings is 1. The summed E-state index contributed by atoms with van der Waals surface area (Å²) in [6.45, 7) is 9.55. The van der Waals surface area contributed by atoms with E-state index in [-0.39, 0.29) is 6.04 Å². The number of hydrogen-bond donors (Lipinski definition) is 2. The van der Waals surface area contributed by atoms with Crippen LogP contribution < -0.4 is 15.5 Å². The van der Waals surface area contributed by atoms with Crippen molar-refractivity contribution in [2.24, 2.45) is 12.0 Å². The highest BCUT2D eigenvalue weighted by Gasteiger charge is 2.15. The molecule has 1 aliphatic rings. The van der Waals surface area contributed by atoms with Crippen molar-refractivity contribution in [3.63, 3.8) is 0 Å². The smallest absolute Gasteiger partial charge is 0.191 e. The fourth-order valence-electron chi connectivity index (χ4n) is 3.93. The summed E-state index contributed by atoms with van der Waals surface area (Å²) in [6.07, 6.45) is 3.53. The molecule has 2 heterocycles. The van der Waals surface area contributed by atoms with Gasteiger partial charge in [0.2, 0.25) is 0 Å². The van der Waals surface area contributed by atoms with Gasteiger partial charge in [-0.3, -0.25) is 9.67 Å². The zero-order valence-corrected chi connectivity index (χ0v) is 17.9. The van der Waals surface area contributed by atoms with Crippen molar-refractivity contribution >= 4 is 11.6 Å². The summed E-state index contributed by atoms with van der Waals surface area (Å²) in [4.78, 5) is 6.87. The van der Waals surface area contributed by atoms with Gasteiger partial charge >= 0.3 is 0 Å². The molecule has 0 bridgehead atoms. The number of aryl methyl sites for hydroxylation is 2. The van der Waals surface area contributed by atoms with E-state index < -0.39 is 0 Å². The van der Waals surface area contributed by atoms with Crippen molar-refractivity contribution in [3.05, 3.63) is 46.8 Å². The second-order valence-electron chi connectivity index (χ2n) is 7.68. The van der Waals surface area contributed by atoms with Crippen LogP contribution in [0, 0.1) is 13.8 Å². The highest BCUT2D eigenvalue weighted by atomic mass is 15.3. The number of aliphatic imine (C=N–C) groups is 1. The van der Waals surface area contributed by atoms with E-state index in [4.69, 9.17) is 0 Å². The molecule has 1 fully saturated rings. The standard InChI is InChI=1S/C22H34N6/c1-16(19-9-8-10-20(15-19)28-13-6-7-14-28)25-22(23-4)24-12-11-21-17(2)26-27(5)18(21)3/h8-10,15-16H,6-7,11-14H2,1-5H3,(H2,23,24,25). The molecule has 2 aromatic rings. The average Bonchev–Trinajstić information content (AvgIpc) is 3.31. The molecule has 1 atom stereocenters. The van der Waals surface area contributed by atoms with Gasteiger partial charge < -0.3 is 15.5 Å². The van der Waals surface area contributed by atoms with Gasteiger partial charge in [0.05, 0.1) is 11.7 Å². The summed E-state index contributed by atoms with van der Waals surface area (Å²) in [7, 11) is 3.82. The summed E-state index contributed by atoms with van der Waals surface area (Å²) in [6, 6.07) is 9.06. The largest absolute Gasteiger partial charge is 0.372 e. The maximum Gasteiger partial charge on any atom is 0.191 e. The Bertz CT molecular complexity index is 816. The molecule has 6 heteroatoms. The minimum absolute atomic E-state index is 0.190. The Morgan fingerprint density at radius 3 is 2.64 bits per heavy atom. The lowest BCUT2D eigenvalue weighted by Gasteiger charge is -2.22. The van der Waals surface area contributed by atoms with Crippen LogP contribution in [0.1, 0.15) is 48.3 Å². The van der Waals surface area contributed by atoms with Crippen LogP contribution in [0.15, 0.2) is 29.3 Å². The van der Waals surface area contributed by atoms with Gasteiger partial charge in [-0.05, 0) is 63.3 Å². The molecular formula is C22H34N6. The molecule has 0 aliphatic carbocycles. The molecule has 2 N–H and O–H groups in total. The Balaban J connectivity index is 1.56. The van der Waals surface area contributed by atoms with E-state index in [1.807, 2.05) is 18.8 Å². The molecule has 6 nitrogen and oxygen atoms in total. The molecule has 28 heavy (non-hydrogen) atoms. The Labute approximate surface area is 169 Å². The van der Waals surface area contributed by atoms with Gasteiger partial charge in [0.1, 0.15) is 0 Å². The molecule has 0 saturated carbocycles. The third-order valence-corrected chi connectivity index (χ3v) is 5.74. The van der Waals surface area contributed by atoms with E-state index in [9.17, 15) is 0 Å². The molecule has 0 spiro atoms. The van der Waals surface area contributed by atoms with Crippen LogP contribution in [0.3, 0.4) is 0 Å². The van der Waals surface area contributed by atoms with Crippen LogP contribution >= 0.6 is 0 Å². The summed E-state index contributed by atoms with van der Waals surface area (Å²) >= 11 is 0. The first kappa shape index (κ1) is 20.2. The third-order valence-electron chi connectivity index (χ3n) is 5.74. The zero-order chi connectivity index (χ0) is 20.1. The fourth-order valence-corrected chi connectivity index (χ4v) is 3.93. The number of rotatable bonds is 6. The third kappa shape index (κ3) is 4.66. The molecule has 1 unspecified atom stereocenters. The number of guanidine groups is 1. The predicted molar refractivity (Wildman–Crippen MR) is 117 cm³/mol. The van der Waals surface area contributed by atoms with E-state index >= 15 is 0 Å². The molecule has 1 aromatic heterocycles. The molecule has 0 amide bonds. The lowest BCUT2D eigenvalue weighted by Crippen LogP contribution is -2.39. The molecule has 152 valence electrons. The topological polar surface area (TPSA) is 57.5 Å². The summed E-state index contributed by atoms with van der Waals surface area (Å²) in [5, 5.41) is 11.5. The van der Waals surface area contributed by atoms with E-state index in [0.717, 1.165) is 24.6 Å². The van der Waals surface area contributed by atoms with Crippen molar-refractivity contribution in [3.8, 4) is 0 Å². The normalized spacial score (nSPS) is 15.8. The first-order chi connectivity index (χ1) is 13.5. The second kappa shape index (κ2) is 9.13. The lowest BCUT2D eigenvalue weighted by atomic mass is 10.1. The first-order valence-electron chi connectivity index (χ1n) is 10.3. The van der Waals surface area contributed by atoms with Crippen molar-refractivity contribution in [2.45, 2.75) is 46.1 Å². The molecule has 0 radical (unpaired) electrons. The number of hydrogen-bond acceptors (Lipinski definition) is 3. The van der Waals surface area contributed by atoms with Gasteiger partial charge in [0.15, 0.2) is 5.96 Å². The van der Waals surface area contributed by atoms with E-state index in [1.165, 1.54) is 48.4 Å². The van der Waals surface area contributed by atoms with Gasteiger partial charge in [-0.1, -0.05) is 12.1 Å². The Morgan fingerprint density at radius 2 is 2.00 bits per heavy atom. The average molecular weight is 383 g/mol. The highest BCUT2D eigenvalue weighted by Crippen LogP contribution is 2.24. The van der Waals surface area contributed by atoms with Crippen molar-refractivity contribution < 1.29 is 0 Å². The fraction of sp³-hybridized carbons (Fsp3) is 0.545. The van der Waals surface area contributed by atoms with E-state index in [2.05, 4.69) is 70.7 Å². The molecule has 1 aromatic carbocycles. The Morgan fingerprint density at radius 1 is 1.25 bits per heavy atom. The number of nitrogens with one attached hydrogen (secondary N) is 2. The Kier molecular flexibility index (Phi) is 6.60. The predicted octanol–water partition coefficient (Wildman–Crippen LogP) is 3.11. The number of nitrogens with zero attached hydrogens (tertiary/aromatic N) is 4.